The fourth-order valence-electron chi connectivity index (χ4n) is 1.78. The van der Waals surface area contributed by atoms with Crippen molar-refractivity contribution < 1.29 is 4.79 Å². The molecule has 0 aliphatic heterocycles. The molecular formula is C14H19BrClNO. The molecule has 4 heteroatoms. The van der Waals surface area contributed by atoms with Crippen molar-refractivity contribution in [2.24, 2.45) is 5.92 Å². The summed E-state index contributed by atoms with van der Waals surface area (Å²) in [6, 6.07) is 5.50. The topological polar surface area (TPSA) is 29.1 Å². The number of carbonyl (C=O) groups excluding carboxylic acids is 1. The summed E-state index contributed by atoms with van der Waals surface area (Å²) >= 11 is 9.38. The van der Waals surface area contributed by atoms with Crippen molar-refractivity contribution in [3.05, 3.63) is 34.3 Å². The van der Waals surface area contributed by atoms with E-state index >= 15 is 0 Å². The summed E-state index contributed by atoms with van der Waals surface area (Å²) in [5.41, 5.74) is 1.58. The minimum atomic E-state index is -0.0418. The Morgan fingerprint density at radius 3 is 2.61 bits per heavy atom. The molecule has 1 rings (SSSR count). The third-order valence-electron chi connectivity index (χ3n) is 2.70. The summed E-state index contributed by atoms with van der Waals surface area (Å²) in [7, 11) is 0. The molecular weight excluding hydrogens is 314 g/mol. The van der Waals surface area contributed by atoms with Gasteiger partial charge in [-0.25, -0.2) is 0 Å². The second-order valence-corrected chi connectivity index (χ2v) is 5.97. The smallest absolute Gasteiger partial charge is 0.251 e. The van der Waals surface area contributed by atoms with Gasteiger partial charge >= 0.3 is 0 Å². The Labute approximate surface area is 122 Å². The van der Waals surface area contributed by atoms with Crippen LogP contribution >= 0.6 is 27.5 Å². The SMILES string of the molecule is Cc1cc(C(=O)NC(CBr)CC(C)C)ccc1Cl. The number of hydrogen-bond acceptors (Lipinski definition) is 1. The Kier molecular flexibility index (Phi) is 6.16. The molecule has 0 spiro atoms. The maximum atomic E-state index is 12.1. The van der Waals surface area contributed by atoms with E-state index in [1.54, 1.807) is 12.1 Å². The van der Waals surface area contributed by atoms with Crippen LogP contribution in [0.15, 0.2) is 18.2 Å². The van der Waals surface area contributed by atoms with Crippen LogP contribution in [0, 0.1) is 12.8 Å². The van der Waals surface area contributed by atoms with Crippen LogP contribution in [0.25, 0.3) is 0 Å². The molecule has 0 radical (unpaired) electrons. The van der Waals surface area contributed by atoms with Crippen LogP contribution in [0.3, 0.4) is 0 Å². The predicted octanol–water partition coefficient (Wildman–Crippen LogP) is 4.19. The monoisotopic (exact) mass is 331 g/mol. The lowest BCUT2D eigenvalue weighted by molar-refractivity contribution is 0.0937. The number of aryl methyl sites for hydroxylation is 1. The number of carbonyl (C=O) groups is 1. The molecule has 100 valence electrons. The second kappa shape index (κ2) is 7.15. The van der Waals surface area contributed by atoms with Crippen LogP contribution in [-0.2, 0) is 0 Å². The first-order valence-electron chi connectivity index (χ1n) is 6.07. The van der Waals surface area contributed by atoms with E-state index in [0.717, 1.165) is 17.3 Å². The van der Waals surface area contributed by atoms with Gasteiger partial charge in [0.05, 0.1) is 0 Å². The third-order valence-corrected chi connectivity index (χ3v) is 3.90. The first-order valence-corrected chi connectivity index (χ1v) is 7.57. The molecule has 0 heterocycles. The maximum absolute atomic E-state index is 12.1. The van der Waals surface area contributed by atoms with Crippen LogP contribution in [0.1, 0.15) is 36.2 Å². The maximum Gasteiger partial charge on any atom is 0.251 e. The van der Waals surface area contributed by atoms with Crippen molar-refractivity contribution in [2.45, 2.75) is 33.2 Å². The number of hydrogen-bond donors (Lipinski definition) is 1. The fraction of sp³-hybridized carbons (Fsp3) is 0.500. The molecule has 1 atom stereocenters. The number of benzene rings is 1. The minimum Gasteiger partial charge on any atom is -0.348 e. The molecule has 0 aromatic heterocycles. The van der Waals surface area contributed by atoms with Crippen molar-refractivity contribution in [2.75, 3.05) is 5.33 Å². The van der Waals surface area contributed by atoms with Gasteiger partial charge in [0.15, 0.2) is 0 Å². The van der Waals surface area contributed by atoms with Gasteiger partial charge in [-0.1, -0.05) is 41.4 Å². The standard InChI is InChI=1S/C14H19BrClNO/c1-9(2)6-12(8-15)17-14(18)11-4-5-13(16)10(3)7-11/h4-5,7,9,12H,6,8H2,1-3H3,(H,17,18). The normalized spacial score (nSPS) is 12.6. The van der Waals surface area contributed by atoms with Gasteiger partial charge < -0.3 is 5.32 Å². The third kappa shape index (κ3) is 4.62. The van der Waals surface area contributed by atoms with Gasteiger partial charge in [0, 0.05) is 22.0 Å². The quantitative estimate of drug-likeness (QED) is 0.805. The lowest BCUT2D eigenvalue weighted by Gasteiger charge is -2.18. The van der Waals surface area contributed by atoms with E-state index in [0.29, 0.717) is 16.5 Å². The first-order chi connectivity index (χ1) is 8.43. The van der Waals surface area contributed by atoms with Gasteiger partial charge in [-0.15, -0.1) is 0 Å². The zero-order valence-electron chi connectivity index (χ0n) is 11.0. The number of nitrogens with one attached hydrogen (secondary N) is 1. The molecule has 0 bridgehead atoms. The predicted molar refractivity (Wildman–Crippen MR) is 80.7 cm³/mol. The zero-order valence-corrected chi connectivity index (χ0v) is 13.3. The average Bonchev–Trinajstić information content (AvgIpc) is 2.31. The Hall–Kier alpha value is -0.540. The highest BCUT2D eigenvalue weighted by Crippen LogP contribution is 2.16. The molecule has 0 fully saturated rings. The summed E-state index contributed by atoms with van der Waals surface area (Å²) in [6.07, 6.45) is 0.962. The number of amides is 1. The largest absolute Gasteiger partial charge is 0.348 e. The van der Waals surface area contributed by atoms with E-state index in [9.17, 15) is 4.79 Å². The summed E-state index contributed by atoms with van der Waals surface area (Å²) in [4.78, 5) is 12.1. The van der Waals surface area contributed by atoms with Crippen molar-refractivity contribution in [1.82, 2.24) is 5.32 Å². The molecule has 0 aliphatic carbocycles. The summed E-state index contributed by atoms with van der Waals surface area (Å²) < 4.78 is 0. The van der Waals surface area contributed by atoms with Gasteiger partial charge in [-0.05, 0) is 43.0 Å². The van der Waals surface area contributed by atoms with Gasteiger partial charge in [-0.3, -0.25) is 4.79 Å². The Bertz CT molecular complexity index is 420. The lowest BCUT2D eigenvalue weighted by atomic mass is 10.0. The zero-order chi connectivity index (χ0) is 13.7. The molecule has 1 amide bonds. The molecule has 0 saturated heterocycles. The average molecular weight is 333 g/mol. The van der Waals surface area contributed by atoms with Crippen LogP contribution in [0.4, 0.5) is 0 Å². The first kappa shape index (κ1) is 15.5. The molecule has 2 nitrogen and oxygen atoms in total. The van der Waals surface area contributed by atoms with Gasteiger partial charge in [0.25, 0.3) is 5.91 Å². The van der Waals surface area contributed by atoms with E-state index in [1.165, 1.54) is 0 Å². The van der Waals surface area contributed by atoms with Crippen LogP contribution in [0.2, 0.25) is 5.02 Å². The molecule has 1 aromatic carbocycles. The van der Waals surface area contributed by atoms with Crippen molar-refractivity contribution in [1.29, 1.82) is 0 Å². The van der Waals surface area contributed by atoms with Crippen molar-refractivity contribution in [3.8, 4) is 0 Å². The lowest BCUT2D eigenvalue weighted by Crippen LogP contribution is -2.37. The second-order valence-electron chi connectivity index (χ2n) is 4.92. The van der Waals surface area contributed by atoms with Gasteiger partial charge in [-0.2, -0.15) is 0 Å². The summed E-state index contributed by atoms with van der Waals surface area (Å²) in [5, 5.41) is 4.49. The molecule has 1 N–H and O–H groups in total. The van der Waals surface area contributed by atoms with E-state index in [2.05, 4.69) is 35.1 Å². The fourth-order valence-corrected chi connectivity index (χ4v) is 2.33. The van der Waals surface area contributed by atoms with Gasteiger partial charge in [0.2, 0.25) is 0 Å². The Balaban J connectivity index is 2.71. The Morgan fingerprint density at radius 2 is 2.11 bits per heavy atom. The Morgan fingerprint density at radius 1 is 1.44 bits per heavy atom. The van der Waals surface area contributed by atoms with Crippen LogP contribution in [-0.4, -0.2) is 17.3 Å². The van der Waals surface area contributed by atoms with Crippen molar-refractivity contribution in [3.63, 3.8) is 0 Å². The van der Waals surface area contributed by atoms with Crippen molar-refractivity contribution >= 4 is 33.4 Å². The van der Waals surface area contributed by atoms with Crippen LogP contribution in [0.5, 0.6) is 0 Å². The summed E-state index contributed by atoms with van der Waals surface area (Å²) in [5.74, 6) is 0.514. The highest BCUT2D eigenvalue weighted by atomic mass is 79.9. The number of halogens is 2. The minimum absolute atomic E-state index is 0.0418. The van der Waals surface area contributed by atoms with E-state index in [4.69, 9.17) is 11.6 Å². The van der Waals surface area contributed by atoms with E-state index in [-0.39, 0.29) is 11.9 Å². The molecule has 1 aromatic rings. The molecule has 0 aliphatic rings. The van der Waals surface area contributed by atoms with E-state index < -0.39 is 0 Å². The molecule has 18 heavy (non-hydrogen) atoms. The number of rotatable bonds is 5. The highest BCUT2D eigenvalue weighted by molar-refractivity contribution is 9.09. The highest BCUT2D eigenvalue weighted by Gasteiger charge is 2.14. The molecule has 0 saturated carbocycles. The number of alkyl halides is 1. The molecule has 1 unspecified atom stereocenters. The van der Waals surface area contributed by atoms with E-state index in [1.807, 2.05) is 13.0 Å². The summed E-state index contributed by atoms with van der Waals surface area (Å²) in [6.45, 7) is 6.19. The van der Waals surface area contributed by atoms with Gasteiger partial charge in [0.1, 0.15) is 0 Å². The van der Waals surface area contributed by atoms with Crippen LogP contribution < -0.4 is 5.32 Å².